The minimum atomic E-state index is 0.321. The summed E-state index contributed by atoms with van der Waals surface area (Å²) in [6, 6.07) is 6.02. The number of nitrogens with zero attached hydrogens (tertiary/aromatic N) is 1. The molecule has 0 saturated heterocycles. The second kappa shape index (κ2) is 5.41. The van der Waals surface area contributed by atoms with E-state index in [-0.39, 0.29) is 0 Å². The summed E-state index contributed by atoms with van der Waals surface area (Å²) in [5.41, 5.74) is 1.56. The van der Waals surface area contributed by atoms with Crippen LogP contribution in [-0.4, -0.2) is 29.8 Å². The first-order valence-corrected chi connectivity index (χ1v) is 6.06. The molecule has 1 aliphatic rings. The van der Waals surface area contributed by atoms with Gasteiger partial charge in [0.05, 0.1) is 0 Å². The number of aliphatic hydroxyl groups excluding tert-OH is 1. The second-order valence-electron chi connectivity index (χ2n) is 4.72. The van der Waals surface area contributed by atoms with E-state index in [2.05, 4.69) is 16.4 Å². The fourth-order valence-corrected chi connectivity index (χ4v) is 2.05. The lowest BCUT2D eigenvalue weighted by molar-refractivity contribution is 0.245. The van der Waals surface area contributed by atoms with Crippen molar-refractivity contribution >= 4 is 0 Å². The molecule has 1 aromatic heterocycles. The van der Waals surface area contributed by atoms with Gasteiger partial charge in [0.2, 0.25) is 0 Å². The molecule has 1 fully saturated rings. The van der Waals surface area contributed by atoms with Crippen molar-refractivity contribution in [3.05, 3.63) is 30.1 Å². The summed E-state index contributed by atoms with van der Waals surface area (Å²) < 4.78 is 0. The van der Waals surface area contributed by atoms with Crippen molar-refractivity contribution in [2.24, 2.45) is 5.41 Å². The Hall–Kier alpha value is -0.930. The summed E-state index contributed by atoms with van der Waals surface area (Å²) in [5, 5.41) is 12.4. The molecule has 0 atom stereocenters. The van der Waals surface area contributed by atoms with Crippen molar-refractivity contribution < 1.29 is 5.11 Å². The molecular weight excluding hydrogens is 200 g/mol. The molecule has 0 amide bonds. The van der Waals surface area contributed by atoms with Crippen molar-refractivity contribution in [1.82, 2.24) is 10.3 Å². The maximum Gasteiger partial charge on any atom is 0.0436 e. The Morgan fingerprint density at radius 1 is 1.38 bits per heavy atom. The van der Waals surface area contributed by atoms with Gasteiger partial charge in [-0.25, -0.2) is 0 Å². The Morgan fingerprint density at radius 3 is 2.88 bits per heavy atom. The Bertz CT molecular complexity index is 309. The van der Waals surface area contributed by atoms with Gasteiger partial charge in [-0.3, -0.25) is 4.98 Å². The van der Waals surface area contributed by atoms with Gasteiger partial charge in [0.15, 0.2) is 0 Å². The maximum absolute atomic E-state index is 8.94. The Balaban J connectivity index is 1.62. The third-order valence-electron chi connectivity index (χ3n) is 3.38. The monoisotopic (exact) mass is 220 g/mol. The van der Waals surface area contributed by atoms with Gasteiger partial charge in [0.25, 0.3) is 0 Å². The Kier molecular flexibility index (Phi) is 3.91. The first-order valence-electron chi connectivity index (χ1n) is 6.06. The van der Waals surface area contributed by atoms with E-state index in [9.17, 15) is 0 Å². The number of aliphatic hydroxyl groups is 1. The number of pyridine rings is 1. The predicted molar refractivity (Wildman–Crippen MR) is 64.2 cm³/mol. The first kappa shape index (κ1) is 11.6. The zero-order chi connectivity index (χ0) is 11.3. The van der Waals surface area contributed by atoms with Crippen molar-refractivity contribution in [2.75, 3.05) is 19.7 Å². The SMILES string of the molecule is OCCC1(CNCCc2ccccn2)CC1. The van der Waals surface area contributed by atoms with Crippen LogP contribution < -0.4 is 5.32 Å². The molecule has 3 heteroatoms. The summed E-state index contributed by atoms with van der Waals surface area (Å²) in [6.45, 7) is 2.34. The lowest BCUT2D eigenvalue weighted by atomic mass is 10.0. The molecule has 88 valence electrons. The van der Waals surface area contributed by atoms with E-state index >= 15 is 0 Å². The van der Waals surface area contributed by atoms with E-state index in [1.165, 1.54) is 12.8 Å². The van der Waals surface area contributed by atoms with Gasteiger partial charge in [0, 0.05) is 38.0 Å². The van der Waals surface area contributed by atoms with Crippen LogP contribution in [0.1, 0.15) is 25.0 Å². The van der Waals surface area contributed by atoms with Crippen LogP contribution in [0.2, 0.25) is 0 Å². The zero-order valence-electron chi connectivity index (χ0n) is 9.65. The minimum Gasteiger partial charge on any atom is -0.396 e. The lowest BCUT2D eigenvalue weighted by Crippen LogP contribution is -2.26. The molecule has 16 heavy (non-hydrogen) atoms. The van der Waals surface area contributed by atoms with Gasteiger partial charge in [-0.1, -0.05) is 6.07 Å². The van der Waals surface area contributed by atoms with E-state index in [0.717, 1.165) is 31.6 Å². The molecule has 0 aromatic carbocycles. The molecule has 1 saturated carbocycles. The Labute approximate surface area is 96.9 Å². The lowest BCUT2D eigenvalue weighted by Gasteiger charge is -2.14. The average molecular weight is 220 g/mol. The van der Waals surface area contributed by atoms with Gasteiger partial charge < -0.3 is 10.4 Å². The molecule has 0 aliphatic heterocycles. The van der Waals surface area contributed by atoms with Crippen LogP contribution in [0.3, 0.4) is 0 Å². The third-order valence-corrected chi connectivity index (χ3v) is 3.38. The molecule has 0 spiro atoms. The quantitative estimate of drug-likeness (QED) is 0.682. The molecule has 1 heterocycles. The van der Waals surface area contributed by atoms with Crippen molar-refractivity contribution in [3.63, 3.8) is 0 Å². The number of nitrogens with one attached hydrogen (secondary N) is 1. The van der Waals surface area contributed by atoms with Gasteiger partial charge in [-0.2, -0.15) is 0 Å². The maximum atomic E-state index is 8.94. The zero-order valence-corrected chi connectivity index (χ0v) is 9.65. The van der Waals surface area contributed by atoms with E-state index in [4.69, 9.17) is 5.11 Å². The van der Waals surface area contributed by atoms with E-state index in [1.807, 2.05) is 18.3 Å². The molecule has 3 nitrogen and oxygen atoms in total. The van der Waals surface area contributed by atoms with Gasteiger partial charge in [-0.05, 0) is 36.8 Å². The first-order chi connectivity index (χ1) is 7.85. The van der Waals surface area contributed by atoms with Crippen LogP contribution in [0.4, 0.5) is 0 Å². The normalized spacial score (nSPS) is 17.3. The summed E-state index contributed by atoms with van der Waals surface area (Å²) in [4.78, 5) is 4.28. The van der Waals surface area contributed by atoms with E-state index < -0.39 is 0 Å². The van der Waals surface area contributed by atoms with Crippen LogP contribution >= 0.6 is 0 Å². The highest BCUT2D eigenvalue weighted by atomic mass is 16.3. The largest absolute Gasteiger partial charge is 0.396 e. The molecule has 1 aromatic rings. The molecule has 1 aliphatic carbocycles. The molecule has 0 unspecified atom stereocenters. The fourth-order valence-electron chi connectivity index (χ4n) is 2.05. The summed E-state index contributed by atoms with van der Waals surface area (Å²) >= 11 is 0. The van der Waals surface area contributed by atoms with Crippen LogP contribution in [0, 0.1) is 5.41 Å². The molecule has 2 N–H and O–H groups in total. The number of aromatic nitrogens is 1. The van der Waals surface area contributed by atoms with Crippen LogP contribution in [0.25, 0.3) is 0 Å². The predicted octanol–water partition coefficient (Wildman–Crippen LogP) is 1.38. The van der Waals surface area contributed by atoms with Crippen LogP contribution in [-0.2, 0) is 6.42 Å². The van der Waals surface area contributed by atoms with Gasteiger partial charge in [-0.15, -0.1) is 0 Å². The van der Waals surface area contributed by atoms with Crippen molar-refractivity contribution in [3.8, 4) is 0 Å². The fraction of sp³-hybridized carbons (Fsp3) is 0.615. The summed E-state index contributed by atoms with van der Waals surface area (Å²) in [5.74, 6) is 0. The summed E-state index contributed by atoms with van der Waals surface area (Å²) in [6.07, 6.45) is 6.30. The van der Waals surface area contributed by atoms with E-state index in [0.29, 0.717) is 12.0 Å². The number of hydrogen-bond donors (Lipinski definition) is 2. The molecular formula is C13H20N2O. The smallest absolute Gasteiger partial charge is 0.0436 e. The van der Waals surface area contributed by atoms with Crippen LogP contribution in [0.5, 0.6) is 0 Å². The average Bonchev–Trinajstić information content (AvgIpc) is 3.07. The highest BCUT2D eigenvalue weighted by molar-refractivity contribution is 5.04. The highest BCUT2D eigenvalue weighted by Crippen LogP contribution is 2.47. The van der Waals surface area contributed by atoms with E-state index in [1.54, 1.807) is 0 Å². The van der Waals surface area contributed by atoms with Crippen molar-refractivity contribution in [2.45, 2.75) is 25.7 Å². The minimum absolute atomic E-state index is 0.321. The third kappa shape index (κ3) is 3.29. The van der Waals surface area contributed by atoms with Gasteiger partial charge >= 0.3 is 0 Å². The molecule has 0 bridgehead atoms. The van der Waals surface area contributed by atoms with Gasteiger partial charge in [0.1, 0.15) is 0 Å². The molecule has 0 radical (unpaired) electrons. The highest BCUT2D eigenvalue weighted by Gasteiger charge is 2.41. The number of rotatable bonds is 7. The summed E-state index contributed by atoms with van der Waals surface area (Å²) in [7, 11) is 0. The Morgan fingerprint density at radius 2 is 2.25 bits per heavy atom. The number of hydrogen-bond acceptors (Lipinski definition) is 3. The van der Waals surface area contributed by atoms with Crippen LogP contribution in [0.15, 0.2) is 24.4 Å². The standard InChI is InChI=1S/C13H20N2O/c16-10-7-13(5-6-13)11-14-9-4-12-3-1-2-8-15-12/h1-3,8,14,16H,4-7,9-11H2. The topological polar surface area (TPSA) is 45.1 Å². The second-order valence-corrected chi connectivity index (χ2v) is 4.72. The van der Waals surface area contributed by atoms with Crippen molar-refractivity contribution in [1.29, 1.82) is 0 Å². The molecule has 2 rings (SSSR count).